The van der Waals surface area contributed by atoms with Crippen LogP contribution in [0.25, 0.3) is 0 Å². The Labute approximate surface area is 107 Å². The summed E-state index contributed by atoms with van der Waals surface area (Å²) < 4.78 is 0. The molecule has 3 nitrogen and oxygen atoms in total. The van der Waals surface area contributed by atoms with Crippen LogP contribution in [0.2, 0.25) is 0 Å². The van der Waals surface area contributed by atoms with Crippen LogP contribution in [0, 0.1) is 0 Å². The molecular formula is C13H18N2OS. The van der Waals surface area contributed by atoms with Crippen molar-refractivity contribution < 1.29 is 4.79 Å². The van der Waals surface area contributed by atoms with Crippen molar-refractivity contribution in [1.82, 2.24) is 4.90 Å². The van der Waals surface area contributed by atoms with Gasteiger partial charge in [0.15, 0.2) is 0 Å². The third-order valence-corrected chi connectivity index (χ3v) is 4.18. The van der Waals surface area contributed by atoms with Crippen molar-refractivity contribution >= 4 is 23.4 Å². The molecule has 17 heavy (non-hydrogen) atoms. The zero-order valence-corrected chi connectivity index (χ0v) is 11.3. The predicted molar refractivity (Wildman–Crippen MR) is 73.7 cm³/mol. The molecule has 0 N–H and O–H groups in total. The molecule has 1 amide bonds. The first kappa shape index (κ1) is 12.3. The fourth-order valence-corrected chi connectivity index (χ4v) is 2.95. The van der Waals surface area contributed by atoms with Crippen molar-refractivity contribution in [3.63, 3.8) is 0 Å². The molecule has 1 saturated heterocycles. The lowest BCUT2D eigenvalue weighted by Crippen LogP contribution is -2.33. The maximum Gasteiger partial charge on any atom is 0.254 e. The SMILES string of the molecule is CC1SCCN1C(=O)c1ccc(N(C)C)cc1. The van der Waals surface area contributed by atoms with Gasteiger partial charge in [-0.2, -0.15) is 0 Å². The van der Waals surface area contributed by atoms with Crippen LogP contribution in [-0.4, -0.2) is 42.6 Å². The maximum absolute atomic E-state index is 12.2. The van der Waals surface area contributed by atoms with Gasteiger partial charge in [-0.1, -0.05) is 0 Å². The quantitative estimate of drug-likeness (QED) is 0.804. The summed E-state index contributed by atoms with van der Waals surface area (Å²) in [6, 6.07) is 7.79. The average Bonchev–Trinajstić information content (AvgIpc) is 2.74. The van der Waals surface area contributed by atoms with Crippen LogP contribution in [0.15, 0.2) is 24.3 Å². The number of amides is 1. The predicted octanol–water partition coefficient (Wildman–Crippen LogP) is 2.29. The molecule has 1 unspecified atom stereocenters. The molecule has 0 aliphatic carbocycles. The summed E-state index contributed by atoms with van der Waals surface area (Å²) in [6.07, 6.45) is 0. The van der Waals surface area contributed by atoms with Gasteiger partial charge >= 0.3 is 0 Å². The normalized spacial score (nSPS) is 19.5. The smallest absolute Gasteiger partial charge is 0.254 e. The number of thioether (sulfide) groups is 1. The second kappa shape index (κ2) is 5.00. The highest BCUT2D eigenvalue weighted by molar-refractivity contribution is 8.00. The van der Waals surface area contributed by atoms with E-state index in [1.54, 1.807) is 0 Å². The van der Waals surface area contributed by atoms with Gasteiger partial charge in [0, 0.05) is 37.6 Å². The van der Waals surface area contributed by atoms with Crippen molar-refractivity contribution in [2.45, 2.75) is 12.3 Å². The Morgan fingerprint density at radius 2 is 2.00 bits per heavy atom. The lowest BCUT2D eigenvalue weighted by molar-refractivity contribution is 0.0768. The lowest BCUT2D eigenvalue weighted by atomic mass is 10.1. The molecule has 1 aromatic carbocycles. The number of nitrogens with zero attached hydrogens (tertiary/aromatic N) is 2. The van der Waals surface area contributed by atoms with Crippen molar-refractivity contribution in [1.29, 1.82) is 0 Å². The fraction of sp³-hybridized carbons (Fsp3) is 0.462. The molecule has 2 rings (SSSR count). The Bertz CT molecular complexity index is 402. The highest BCUT2D eigenvalue weighted by Gasteiger charge is 2.26. The Morgan fingerprint density at radius 1 is 1.35 bits per heavy atom. The van der Waals surface area contributed by atoms with Crippen molar-refractivity contribution in [2.75, 3.05) is 31.3 Å². The van der Waals surface area contributed by atoms with E-state index in [0.29, 0.717) is 5.37 Å². The number of rotatable bonds is 2. The third kappa shape index (κ3) is 2.57. The van der Waals surface area contributed by atoms with Gasteiger partial charge in [-0.15, -0.1) is 11.8 Å². The van der Waals surface area contributed by atoms with E-state index in [4.69, 9.17) is 0 Å². The largest absolute Gasteiger partial charge is 0.378 e. The zero-order valence-electron chi connectivity index (χ0n) is 10.5. The van der Waals surface area contributed by atoms with Crippen LogP contribution >= 0.6 is 11.8 Å². The van der Waals surface area contributed by atoms with E-state index in [1.165, 1.54) is 0 Å². The van der Waals surface area contributed by atoms with E-state index in [9.17, 15) is 4.79 Å². The number of hydrogen-bond acceptors (Lipinski definition) is 3. The van der Waals surface area contributed by atoms with E-state index < -0.39 is 0 Å². The topological polar surface area (TPSA) is 23.6 Å². The Hall–Kier alpha value is -1.16. The molecule has 1 fully saturated rings. The zero-order chi connectivity index (χ0) is 12.4. The van der Waals surface area contributed by atoms with Crippen LogP contribution < -0.4 is 4.90 Å². The number of benzene rings is 1. The van der Waals surface area contributed by atoms with E-state index in [0.717, 1.165) is 23.5 Å². The molecule has 1 atom stereocenters. The van der Waals surface area contributed by atoms with E-state index in [1.807, 2.05) is 59.9 Å². The first-order valence-electron chi connectivity index (χ1n) is 5.79. The Kier molecular flexibility index (Phi) is 3.62. The second-order valence-electron chi connectivity index (χ2n) is 4.41. The maximum atomic E-state index is 12.2. The fourth-order valence-electron chi connectivity index (χ4n) is 1.93. The standard InChI is InChI=1S/C13H18N2OS/c1-10-15(8-9-17-10)13(16)11-4-6-12(7-5-11)14(2)3/h4-7,10H,8-9H2,1-3H3. The van der Waals surface area contributed by atoms with Crippen molar-refractivity contribution in [3.8, 4) is 0 Å². The summed E-state index contributed by atoms with van der Waals surface area (Å²) in [4.78, 5) is 16.2. The number of anilines is 1. The molecule has 1 heterocycles. The molecule has 0 aromatic heterocycles. The molecule has 0 radical (unpaired) electrons. The van der Waals surface area contributed by atoms with Gasteiger partial charge < -0.3 is 9.80 Å². The minimum absolute atomic E-state index is 0.146. The van der Waals surface area contributed by atoms with Gasteiger partial charge in [-0.05, 0) is 31.2 Å². The highest BCUT2D eigenvalue weighted by Crippen LogP contribution is 2.25. The lowest BCUT2D eigenvalue weighted by Gasteiger charge is -2.21. The van der Waals surface area contributed by atoms with E-state index in [-0.39, 0.29) is 5.91 Å². The van der Waals surface area contributed by atoms with Gasteiger partial charge in [0.25, 0.3) is 5.91 Å². The van der Waals surface area contributed by atoms with Crippen molar-refractivity contribution in [3.05, 3.63) is 29.8 Å². The molecule has 0 bridgehead atoms. The molecule has 1 aliphatic heterocycles. The minimum atomic E-state index is 0.146. The molecule has 92 valence electrons. The third-order valence-electron chi connectivity index (χ3n) is 3.02. The Morgan fingerprint density at radius 3 is 2.47 bits per heavy atom. The van der Waals surface area contributed by atoms with Gasteiger partial charge in [-0.25, -0.2) is 0 Å². The Balaban J connectivity index is 2.14. The van der Waals surface area contributed by atoms with Gasteiger partial charge in [-0.3, -0.25) is 4.79 Å². The van der Waals surface area contributed by atoms with Crippen LogP contribution in [0.3, 0.4) is 0 Å². The number of hydrogen-bond donors (Lipinski definition) is 0. The monoisotopic (exact) mass is 250 g/mol. The van der Waals surface area contributed by atoms with Crippen molar-refractivity contribution in [2.24, 2.45) is 0 Å². The molecule has 0 saturated carbocycles. The molecule has 1 aromatic rings. The first-order valence-corrected chi connectivity index (χ1v) is 6.84. The number of carbonyl (C=O) groups excluding carboxylic acids is 1. The van der Waals surface area contributed by atoms with Crippen LogP contribution in [0.5, 0.6) is 0 Å². The highest BCUT2D eigenvalue weighted by atomic mass is 32.2. The minimum Gasteiger partial charge on any atom is -0.378 e. The van der Waals surface area contributed by atoms with Crippen LogP contribution in [-0.2, 0) is 0 Å². The molecule has 4 heteroatoms. The molecular weight excluding hydrogens is 232 g/mol. The molecule has 1 aliphatic rings. The summed E-state index contributed by atoms with van der Waals surface area (Å²) in [5.74, 6) is 1.19. The van der Waals surface area contributed by atoms with Crippen LogP contribution in [0.1, 0.15) is 17.3 Å². The average molecular weight is 250 g/mol. The van der Waals surface area contributed by atoms with Gasteiger partial charge in [0.2, 0.25) is 0 Å². The summed E-state index contributed by atoms with van der Waals surface area (Å²) >= 11 is 1.83. The van der Waals surface area contributed by atoms with Crippen LogP contribution in [0.4, 0.5) is 5.69 Å². The van der Waals surface area contributed by atoms with E-state index >= 15 is 0 Å². The van der Waals surface area contributed by atoms with Gasteiger partial charge in [0.05, 0.1) is 5.37 Å². The summed E-state index contributed by atoms with van der Waals surface area (Å²) in [7, 11) is 3.99. The van der Waals surface area contributed by atoms with Gasteiger partial charge in [0.1, 0.15) is 0 Å². The summed E-state index contributed by atoms with van der Waals surface area (Å²) in [5, 5.41) is 0.302. The number of carbonyl (C=O) groups is 1. The first-order chi connectivity index (χ1) is 8.09. The summed E-state index contributed by atoms with van der Waals surface area (Å²) in [5.41, 5.74) is 1.90. The summed E-state index contributed by atoms with van der Waals surface area (Å²) in [6.45, 7) is 2.95. The van der Waals surface area contributed by atoms with E-state index in [2.05, 4.69) is 6.92 Å². The second-order valence-corrected chi connectivity index (χ2v) is 5.83. The molecule has 0 spiro atoms.